The van der Waals surface area contributed by atoms with Gasteiger partial charge in [-0.15, -0.1) is 11.3 Å². The molecule has 2 heterocycles. The second-order valence-corrected chi connectivity index (χ2v) is 9.81. The van der Waals surface area contributed by atoms with Gasteiger partial charge in [-0.1, -0.05) is 6.07 Å². The summed E-state index contributed by atoms with van der Waals surface area (Å²) in [5, 5.41) is 4.01. The van der Waals surface area contributed by atoms with Crippen LogP contribution in [0.5, 0.6) is 0 Å². The Bertz CT molecular complexity index is 1110. The number of rotatable bonds is 5. The van der Waals surface area contributed by atoms with Crippen LogP contribution in [0.1, 0.15) is 25.3 Å². The molecule has 0 aliphatic carbocycles. The van der Waals surface area contributed by atoms with Gasteiger partial charge in [0.1, 0.15) is 5.01 Å². The van der Waals surface area contributed by atoms with Gasteiger partial charge in [0.15, 0.2) is 0 Å². The number of likely N-dealkylation sites (tertiary alicyclic amines) is 1. The van der Waals surface area contributed by atoms with Crippen LogP contribution in [0.3, 0.4) is 0 Å². The third kappa shape index (κ3) is 4.84. The summed E-state index contributed by atoms with van der Waals surface area (Å²) >= 11 is 1.68. The van der Waals surface area contributed by atoms with Crippen LogP contribution in [0.25, 0.3) is 20.8 Å². The Labute approximate surface area is 193 Å². The van der Waals surface area contributed by atoms with E-state index in [9.17, 15) is 9.59 Å². The molecule has 4 rings (SSSR count). The zero-order chi connectivity index (χ0) is 22.8. The smallest absolute Gasteiger partial charge is 0.241 e. The van der Waals surface area contributed by atoms with Crippen LogP contribution in [0.15, 0.2) is 42.5 Å². The highest BCUT2D eigenvalue weighted by Crippen LogP contribution is 2.31. The number of carbonyl (C=O) groups is 2. The van der Waals surface area contributed by atoms with E-state index in [-0.39, 0.29) is 23.8 Å². The van der Waals surface area contributed by atoms with E-state index in [0.717, 1.165) is 47.7 Å². The van der Waals surface area contributed by atoms with Gasteiger partial charge in [0, 0.05) is 31.3 Å². The van der Waals surface area contributed by atoms with Gasteiger partial charge in [0.2, 0.25) is 11.8 Å². The summed E-state index contributed by atoms with van der Waals surface area (Å²) in [5.74, 6) is 0.228. The number of anilines is 1. The second-order valence-electron chi connectivity index (χ2n) is 8.78. The molecule has 0 saturated carbocycles. The van der Waals surface area contributed by atoms with Gasteiger partial charge >= 0.3 is 0 Å². The maximum absolute atomic E-state index is 12.8. The van der Waals surface area contributed by atoms with Crippen molar-refractivity contribution in [2.24, 2.45) is 5.92 Å². The van der Waals surface area contributed by atoms with E-state index < -0.39 is 0 Å². The molecule has 1 atom stereocenters. The second kappa shape index (κ2) is 9.38. The number of hydrogen-bond acceptors (Lipinski definition) is 5. The molecule has 1 N–H and O–H groups in total. The first-order valence-electron chi connectivity index (χ1n) is 11.1. The topological polar surface area (TPSA) is 65.5 Å². The SMILES string of the molecule is Cc1ccc2nc(-c3ccc(NC(=O)[C@H](C)N4CCC(C(=O)N(C)C)CC4)cc3)sc2c1. The molecule has 7 heteroatoms. The predicted molar refractivity (Wildman–Crippen MR) is 131 cm³/mol. The van der Waals surface area contributed by atoms with Crippen LogP contribution in [0.4, 0.5) is 5.69 Å². The highest BCUT2D eigenvalue weighted by molar-refractivity contribution is 7.21. The Morgan fingerprint density at radius 3 is 2.47 bits per heavy atom. The van der Waals surface area contributed by atoms with E-state index in [2.05, 4.69) is 35.3 Å². The van der Waals surface area contributed by atoms with Crippen LogP contribution < -0.4 is 5.32 Å². The van der Waals surface area contributed by atoms with Crippen LogP contribution in [0.2, 0.25) is 0 Å². The average Bonchev–Trinajstić information content (AvgIpc) is 3.21. The lowest BCUT2D eigenvalue weighted by Crippen LogP contribution is -2.48. The first-order chi connectivity index (χ1) is 15.3. The summed E-state index contributed by atoms with van der Waals surface area (Å²) < 4.78 is 1.18. The van der Waals surface area contributed by atoms with Gasteiger partial charge in [0.05, 0.1) is 16.3 Å². The Balaban J connectivity index is 1.35. The Kier molecular flexibility index (Phi) is 6.58. The molecule has 6 nitrogen and oxygen atoms in total. The number of amides is 2. The lowest BCUT2D eigenvalue weighted by atomic mass is 9.94. The van der Waals surface area contributed by atoms with Crippen LogP contribution >= 0.6 is 11.3 Å². The van der Waals surface area contributed by atoms with Crippen molar-refractivity contribution >= 4 is 39.1 Å². The minimum atomic E-state index is -0.238. The molecule has 1 saturated heterocycles. The maximum Gasteiger partial charge on any atom is 0.241 e. The molecule has 1 aliphatic heterocycles. The summed E-state index contributed by atoms with van der Waals surface area (Å²) in [4.78, 5) is 33.5. The number of nitrogens with zero attached hydrogens (tertiary/aromatic N) is 3. The van der Waals surface area contributed by atoms with Crippen molar-refractivity contribution in [1.82, 2.24) is 14.8 Å². The van der Waals surface area contributed by atoms with Gasteiger partial charge < -0.3 is 10.2 Å². The third-order valence-corrected chi connectivity index (χ3v) is 7.26. The van der Waals surface area contributed by atoms with Gasteiger partial charge in [0.25, 0.3) is 0 Å². The number of carbonyl (C=O) groups excluding carboxylic acids is 2. The van der Waals surface area contributed by atoms with Crippen molar-refractivity contribution in [2.75, 3.05) is 32.5 Å². The largest absolute Gasteiger partial charge is 0.349 e. The van der Waals surface area contributed by atoms with Crippen molar-refractivity contribution in [3.63, 3.8) is 0 Å². The van der Waals surface area contributed by atoms with Gasteiger partial charge in [-0.3, -0.25) is 14.5 Å². The monoisotopic (exact) mass is 450 g/mol. The highest BCUT2D eigenvalue weighted by Gasteiger charge is 2.30. The number of hydrogen-bond donors (Lipinski definition) is 1. The van der Waals surface area contributed by atoms with Crippen LogP contribution in [-0.2, 0) is 9.59 Å². The fourth-order valence-electron chi connectivity index (χ4n) is 4.16. The van der Waals surface area contributed by atoms with E-state index >= 15 is 0 Å². The highest BCUT2D eigenvalue weighted by atomic mass is 32.1. The van der Waals surface area contributed by atoms with Crippen molar-refractivity contribution in [3.8, 4) is 10.6 Å². The fourth-order valence-corrected chi connectivity index (χ4v) is 5.23. The number of aromatic nitrogens is 1. The van der Waals surface area contributed by atoms with Crippen molar-refractivity contribution in [3.05, 3.63) is 48.0 Å². The summed E-state index contributed by atoms with van der Waals surface area (Å²) in [5.41, 5.74) is 4.06. The van der Waals surface area contributed by atoms with Crippen molar-refractivity contribution in [1.29, 1.82) is 0 Å². The number of nitrogens with one attached hydrogen (secondary N) is 1. The number of piperidine rings is 1. The molecule has 168 valence electrons. The molecule has 1 aliphatic rings. The quantitative estimate of drug-likeness (QED) is 0.626. The van der Waals surface area contributed by atoms with E-state index in [4.69, 9.17) is 4.98 Å². The van der Waals surface area contributed by atoms with E-state index in [1.807, 2.05) is 31.2 Å². The van der Waals surface area contributed by atoms with E-state index in [1.54, 1.807) is 30.3 Å². The summed E-state index contributed by atoms with van der Waals surface area (Å²) in [6, 6.07) is 13.9. The van der Waals surface area contributed by atoms with Gasteiger partial charge in [-0.2, -0.15) is 0 Å². The number of thiazole rings is 1. The minimum Gasteiger partial charge on any atom is -0.349 e. The maximum atomic E-state index is 12.8. The lowest BCUT2D eigenvalue weighted by molar-refractivity contribution is -0.134. The molecular weight excluding hydrogens is 420 g/mol. The Morgan fingerprint density at radius 1 is 1.12 bits per heavy atom. The zero-order valence-electron chi connectivity index (χ0n) is 19.1. The Morgan fingerprint density at radius 2 is 1.81 bits per heavy atom. The number of aryl methyl sites for hydroxylation is 1. The van der Waals surface area contributed by atoms with E-state index in [0.29, 0.717) is 0 Å². The minimum absolute atomic E-state index is 0.0226. The Hall–Kier alpha value is -2.77. The normalized spacial score (nSPS) is 16.1. The molecule has 0 spiro atoms. The predicted octanol–water partition coefficient (Wildman–Crippen LogP) is 4.40. The molecule has 0 unspecified atom stereocenters. The summed E-state index contributed by atoms with van der Waals surface area (Å²) in [7, 11) is 3.60. The third-order valence-electron chi connectivity index (χ3n) is 6.19. The lowest BCUT2D eigenvalue weighted by Gasteiger charge is -2.35. The van der Waals surface area contributed by atoms with Crippen LogP contribution in [0, 0.1) is 12.8 Å². The van der Waals surface area contributed by atoms with Gasteiger partial charge in [-0.05, 0) is 81.7 Å². The number of fused-ring (bicyclic) bond motifs is 1. The first-order valence-corrected chi connectivity index (χ1v) is 11.9. The molecule has 1 fully saturated rings. The zero-order valence-corrected chi connectivity index (χ0v) is 19.9. The molecule has 2 aromatic carbocycles. The van der Waals surface area contributed by atoms with Crippen molar-refractivity contribution < 1.29 is 9.59 Å². The standard InChI is InChI=1S/C25H30N4O2S/c1-16-5-10-21-22(15-16)32-24(27-21)18-6-8-20(9-7-18)26-23(30)17(2)29-13-11-19(12-14-29)25(31)28(3)4/h5-10,15,17,19H,11-14H2,1-4H3,(H,26,30)/t17-/m0/s1. The molecule has 2 amide bonds. The fraction of sp³-hybridized carbons (Fsp3) is 0.400. The molecule has 0 bridgehead atoms. The van der Waals surface area contributed by atoms with Crippen LogP contribution in [-0.4, -0.2) is 59.8 Å². The molecule has 3 aromatic rings. The summed E-state index contributed by atoms with van der Waals surface area (Å²) in [6.45, 7) is 5.54. The van der Waals surface area contributed by atoms with Gasteiger partial charge in [-0.25, -0.2) is 4.98 Å². The number of benzene rings is 2. The summed E-state index contributed by atoms with van der Waals surface area (Å²) in [6.07, 6.45) is 1.59. The molecular formula is C25H30N4O2S. The van der Waals surface area contributed by atoms with Crippen molar-refractivity contribution in [2.45, 2.75) is 32.7 Å². The average molecular weight is 451 g/mol. The molecule has 1 aromatic heterocycles. The van der Waals surface area contributed by atoms with E-state index in [1.165, 1.54) is 10.3 Å². The molecule has 32 heavy (non-hydrogen) atoms. The molecule has 0 radical (unpaired) electrons. The first kappa shape index (κ1) is 22.4.